The molecule has 1 heterocycles. The molecule has 1 aromatic heterocycles. The smallest absolute Gasteiger partial charge is 0.163 e. The molecule has 0 aliphatic carbocycles. The van der Waals surface area contributed by atoms with Crippen LogP contribution < -0.4 is 20.1 Å². The van der Waals surface area contributed by atoms with E-state index in [0.29, 0.717) is 46.4 Å². The molecule has 2 N–H and O–H groups in total. The summed E-state index contributed by atoms with van der Waals surface area (Å²) in [4.78, 5) is 8.55. The Morgan fingerprint density at radius 3 is 2.61 bits per heavy atom. The second kappa shape index (κ2) is 12.5. The van der Waals surface area contributed by atoms with Gasteiger partial charge in [-0.3, -0.25) is 0 Å². The van der Waals surface area contributed by atoms with E-state index >= 15 is 0 Å². The fourth-order valence-corrected chi connectivity index (χ4v) is 3.01. The van der Waals surface area contributed by atoms with Gasteiger partial charge < -0.3 is 24.8 Å². The van der Waals surface area contributed by atoms with Crippen LogP contribution in [0.4, 0.5) is 15.9 Å². The van der Waals surface area contributed by atoms with Crippen molar-refractivity contribution in [1.29, 1.82) is 0 Å². The standard InChI is InChI=1S/C21H24ClFN4O3.ClH/c1-28-8-3-6-24-7-9-30-20-12-18-15(11-19(20)29-2)21(26-13-25-18)27-17-5-4-14(22)10-16(17)23;/h4-5,10-13,24H,3,6-9H2,1-2H3,(H,25,26,27);1H. The fourth-order valence-electron chi connectivity index (χ4n) is 2.85. The maximum Gasteiger partial charge on any atom is 0.163 e. The fraction of sp³-hybridized carbons (Fsp3) is 0.333. The number of halogens is 3. The van der Waals surface area contributed by atoms with Crippen molar-refractivity contribution in [1.82, 2.24) is 15.3 Å². The molecule has 0 atom stereocenters. The van der Waals surface area contributed by atoms with Crippen LogP contribution in [0.5, 0.6) is 11.5 Å². The van der Waals surface area contributed by atoms with Crippen molar-refractivity contribution in [2.75, 3.05) is 45.8 Å². The van der Waals surface area contributed by atoms with Crippen LogP contribution in [0.1, 0.15) is 6.42 Å². The van der Waals surface area contributed by atoms with Crippen LogP contribution in [0.3, 0.4) is 0 Å². The van der Waals surface area contributed by atoms with Crippen LogP contribution in [-0.4, -0.2) is 50.5 Å². The van der Waals surface area contributed by atoms with E-state index in [-0.39, 0.29) is 18.1 Å². The minimum atomic E-state index is -0.473. The van der Waals surface area contributed by atoms with E-state index in [0.717, 1.165) is 19.6 Å². The van der Waals surface area contributed by atoms with Crippen molar-refractivity contribution < 1.29 is 18.6 Å². The van der Waals surface area contributed by atoms with E-state index in [1.54, 1.807) is 38.5 Å². The topological polar surface area (TPSA) is 77.5 Å². The molecule has 3 aromatic rings. The van der Waals surface area contributed by atoms with Crippen molar-refractivity contribution in [3.63, 3.8) is 0 Å². The summed E-state index contributed by atoms with van der Waals surface area (Å²) in [5.41, 5.74) is 0.906. The van der Waals surface area contributed by atoms with Crippen LogP contribution >= 0.6 is 24.0 Å². The van der Waals surface area contributed by atoms with Gasteiger partial charge in [0.05, 0.1) is 18.3 Å². The first kappa shape index (κ1) is 24.9. The quantitative estimate of drug-likeness (QED) is 0.396. The molecule has 2 aromatic carbocycles. The minimum Gasteiger partial charge on any atom is -0.493 e. The zero-order chi connectivity index (χ0) is 21.3. The van der Waals surface area contributed by atoms with Gasteiger partial charge in [-0.25, -0.2) is 14.4 Å². The number of nitrogens with one attached hydrogen (secondary N) is 2. The second-order valence-electron chi connectivity index (χ2n) is 6.44. The van der Waals surface area contributed by atoms with Gasteiger partial charge in [0.15, 0.2) is 11.5 Å². The first-order chi connectivity index (χ1) is 14.6. The largest absolute Gasteiger partial charge is 0.493 e. The van der Waals surface area contributed by atoms with Gasteiger partial charge >= 0.3 is 0 Å². The van der Waals surface area contributed by atoms with Crippen LogP contribution in [0.2, 0.25) is 5.02 Å². The summed E-state index contributed by atoms with van der Waals surface area (Å²) < 4.78 is 30.5. The number of hydrogen-bond acceptors (Lipinski definition) is 7. The molecule has 0 aliphatic heterocycles. The number of fused-ring (bicyclic) bond motifs is 1. The summed E-state index contributed by atoms with van der Waals surface area (Å²) in [6.07, 6.45) is 2.35. The van der Waals surface area contributed by atoms with Crippen LogP contribution in [0.25, 0.3) is 10.9 Å². The van der Waals surface area contributed by atoms with Crippen LogP contribution in [0, 0.1) is 5.82 Å². The van der Waals surface area contributed by atoms with Crippen molar-refractivity contribution in [3.8, 4) is 11.5 Å². The Labute approximate surface area is 191 Å². The Kier molecular flexibility index (Phi) is 10.00. The highest BCUT2D eigenvalue weighted by molar-refractivity contribution is 6.30. The van der Waals surface area contributed by atoms with Gasteiger partial charge in [0.25, 0.3) is 0 Å². The monoisotopic (exact) mass is 470 g/mol. The van der Waals surface area contributed by atoms with Crippen molar-refractivity contribution in [3.05, 3.63) is 47.5 Å². The molecular weight excluding hydrogens is 446 g/mol. The van der Waals surface area contributed by atoms with Crippen molar-refractivity contribution >= 4 is 46.4 Å². The van der Waals surface area contributed by atoms with E-state index in [2.05, 4.69) is 20.6 Å². The van der Waals surface area contributed by atoms with E-state index in [9.17, 15) is 4.39 Å². The molecule has 3 rings (SSSR count). The first-order valence-electron chi connectivity index (χ1n) is 9.49. The first-order valence-corrected chi connectivity index (χ1v) is 9.87. The SMILES string of the molecule is COCCCNCCOc1cc2ncnc(Nc3ccc(Cl)cc3F)c2cc1OC.Cl. The summed E-state index contributed by atoms with van der Waals surface area (Å²) in [6.45, 7) is 2.75. The highest BCUT2D eigenvalue weighted by Gasteiger charge is 2.13. The zero-order valence-electron chi connectivity index (χ0n) is 17.3. The average molecular weight is 471 g/mol. The van der Waals surface area contributed by atoms with E-state index in [4.69, 9.17) is 25.8 Å². The molecule has 31 heavy (non-hydrogen) atoms. The third-order valence-electron chi connectivity index (χ3n) is 4.34. The van der Waals surface area contributed by atoms with Gasteiger partial charge in [0.2, 0.25) is 0 Å². The molecule has 0 aliphatic rings. The number of anilines is 2. The zero-order valence-corrected chi connectivity index (χ0v) is 18.9. The molecular formula is C21H25Cl2FN4O3. The molecule has 0 unspecified atom stereocenters. The Hall–Kier alpha value is -2.39. The third kappa shape index (κ3) is 6.80. The summed E-state index contributed by atoms with van der Waals surface area (Å²) in [6, 6.07) is 7.95. The maximum absolute atomic E-state index is 14.2. The van der Waals surface area contributed by atoms with Gasteiger partial charge in [-0.1, -0.05) is 11.6 Å². The molecule has 10 heteroatoms. The van der Waals surface area contributed by atoms with Gasteiger partial charge in [-0.05, 0) is 37.2 Å². The lowest BCUT2D eigenvalue weighted by molar-refractivity contribution is 0.193. The number of aromatic nitrogens is 2. The predicted molar refractivity (Wildman–Crippen MR) is 123 cm³/mol. The molecule has 0 saturated carbocycles. The normalized spacial score (nSPS) is 10.6. The van der Waals surface area contributed by atoms with E-state index in [1.165, 1.54) is 12.4 Å². The Balaban J connectivity index is 0.00000341. The molecule has 0 radical (unpaired) electrons. The number of hydrogen-bond donors (Lipinski definition) is 2. The van der Waals surface area contributed by atoms with Gasteiger partial charge in [0, 0.05) is 36.7 Å². The van der Waals surface area contributed by atoms with Crippen LogP contribution in [-0.2, 0) is 4.74 Å². The summed E-state index contributed by atoms with van der Waals surface area (Å²) >= 11 is 5.82. The molecule has 0 amide bonds. The Bertz CT molecular complexity index is 994. The molecule has 0 spiro atoms. The summed E-state index contributed by atoms with van der Waals surface area (Å²) in [7, 11) is 3.25. The average Bonchev–Trinajstić information content (AvgIpc) is 2.74. The number of benzene rings is 2. The minimum absolute atomic E-state index is 0. The van der Waals surface area contributed by atoms with Crippen LogP contribution in [0.15, 0.2) is 36.7 Å². The number of ether oxygens (including phenoxy) is 3. The summed E-state index contributed by atoms with van der Waals surface area (Å²) in [5.74, 6) is 1.09. The molecule has 0 bridgehead atoms. The molecule has 0 saturated heterocycles. The van der Waals surface area contributed by atoms with Gasteiger partial charge in [-0.15, -0.1) is 12.4 Å². The second-order valence-corrected chi connectivity index (χ2v) is 6.87. The Morgan fingerprint density at radius 1 is 1.03 bits per heavy atom. The number of methoxy groups -OCH3 is 2. The van der Waals surface area contributed by atoms with E-state index < -0.39 is 5.82 Å². The lowest BCUT2D eigenvalue weighted by atomic mass is 10.2. The highest BCUT2D eigenvalue weighted by Crippen LogP contribution is 2.35. The number of nitrogens with zero attached hydrogens (tertiary/aromatic N) is 2. The predicted octanol–water partition coefficient (Wildman–Crippen LogP) is 4.60. The summed E-state index contributed by atoms with van der Waals surface area (Å²) in [5, 5.41) is 7.27. The molecule has 7 nitrogen and oxygen atoms in total. The lowest BCUT2D eigenvalue weighted by Gasteiger charge is -2.14. The third-order valence-corrected chi connectivity index (χ3v) is 4.58. The highest BCUT2D eigenvalue weighted by atomic mass is 35.5. The lowest BCUT2D eigenvalue weighted by Crippen LogP contribution is -2.23. The van der Waals surface area contributed by atoms with Crippen molar-refractivity contribution in [2.24, 2.45) is 0 Å². The Morgan fingerprint density at radius 2 is 1.87 bits per heavy atom. The van der Waals surface area contributed by atoms with Gasteiger partial charge in [0.1, 0.15) is 24.6 Å². The maximum atomic E-state index is 14.2. The van der Waals surface area contributed by atoms with Gasteiger partial charge in [-0.2, -0.15) is 0 Å². The molecule has 0 fully saturated rings. The van der Waals surface area contributed by atoms with Crippen molar-refractivity contribution in [2.45, 2.75) is 6.42 Å². The van der Waals surface area contributed by atoms with E-state index in [1.807, 2.05) is 0 Å². The number of rotatable bonds is 11. The molecule has 168 valence electrons.